The number of amides is 1. The van der Waals surface area contributed by atoms with Gasteiger partial charge in [-0.05, 0) is 53.2 Å². The molecule has 166 valence electrons. The van der Waals surface area contributed by atoms with Crippen LogP contribution in [0.1, 0.15) is 41.4 Å². The smallest absolute Gasteiger partial charge is 0.253 e. The molecule has 1 unspecified atom stereocenters. The average molecular weight is 544 g/mol. The van der Waals surface area contributed by atoms with Crippen LogP contribution in [-0.4, -0.2) is 62.4 Å². The Balaban J connectivity index is 0.00000450. The minimum Gasteiger partial charge on any atom is -0.354 e. The van der Waals surface area contributed by atoms with E-state index in [0.717, 1.165) is 31.2 Å². The quantitative estimate of drug-likeness (QED) is 0.287. The van der Waals surface area contributed by atoms with Crippen LogP contribution in [0.15, 0.2) is 46.1 Å². The first-order valence-corrected chi connectivity index (χ1v) is 11.0. The third kappa shape index (κ3) is 7.55. The fourth-order valence-electron chi connectivity index (χ4n) is 3.21. The molecule has 0 fully saturated rings. The molecule has 6 nitrogen and oxygen atoms in total. The Kier molecular flexibility index (Phi) is 12.0. The van der Waals surface area contributed by atoms with Gasteiger partial charge in [0.15, 0.2) is 5.96 Å². The van der Waals surface area contributed by atoms with Crippen molar-refractivity contribution in [2.75, 3.05) is 40.8 Å². The van der Waals surface area contributed by atoms with Crippen molar-refractivity contribution >= 4 is 47.2 Å². The van der Waals surface area contributed by atoms with E-state index in [1.807, 2.05) is 24.3 Å². The maximum Gasteiger partial charge on any atom is 0.253 e. The van der Waals surface area contributed by atoms with E-state index >= 15 is 0 Å². The highest BCUT2D eigenvalue weighted by molar-refractivity contribution is 14.0. The lowest BCUT2D eigenvalue weighted by molar-refractivity contribution is 0.0827. The fourth-order valence-corrected chi connectivity index (χ4v) is 3.92. The minimum absolute atomic E-state index is 0. The van der Waals surface area contributed by atoms with Crippen LogP contribution in [-0.2, 0) is 6.54 Å². The fraction of sp³-hybridized carbons (Fsp3) is 0.455. The van der Waals surface area contributed by atoms with Crippen LogP contribution >= 0.6 is 35.3 Å². The van der Waals surface area contributed by atoms with Crippen LogP contribution in [0, 0.1) is 0 Å². The molecule has 1 aromatic carbocycles. The van der Waals surface area contributed by atoms with Gasteiger partial charge < -0.3 is 15.5 Å². The molecule has 0 saturated carbocycles. The van der Waals surface area contributed by atoms with E-state index in [4.69, 9.17) is 0 Å². The minimum atomic E-state index is 0. The van der Waals surface area contributed by atoms with E-state index in [1.54, 1.807) is 37.4 Å². The number of hydrogen-bond acceptors (Lipinski definition) is 4. The number of hydrogen-bond donors (Lipinski definition) is 2. The summed E-state index contributed by atoms with van der Waals surface area (Å²) in [5, 5.41) is 11.2. The second-order valence-electron chi connectivity index (χ2n) is 7.00. The Morgan fingerprint density at radius 2 is 1.77 bits per heavy atom. The number of rotatable bonds is 9. The molecule has 0 aliphatic heterocycles. The summed E-state index contributed by atoms with van der Waals surface area (Å²) in [5.41, 5.74) is 3.13. The molecule has 0 radical (unpaired) electrons. The van der Waals surface area contributed by atoms with Gasteiger partial charge in [-0.25, -0.2) is 0 Å². The Hall–Kier alpha value is -1.65. The SMILES string of the molecule is CCN(CC)C(CNC(=NC)NCc1ccc(C(=O)N(C)C)cc1)c1ccsc1.I. The van der Waals surface area contributed by atoms with Crippen molar-refractivity contribution in [2.24, 2.45) is 4.99 Å². The molecule has 1 heterocycles. The summed E-state index contributed by atoms with van der Waals surface area (Å²) in [7, 11) is 5.30. The molecular weight excluding hydrogens is 509 g/mol. The van der Waals surface area contributed by atoms with Crippen LogP contribution in [0.25, 0.3) is 0 Å². The Morgan fingerprint density at radius 1 is 1.10 bits per heavy atom. The lowest BCUT2D eigenvalue weighted by Gasteiger charge is -2.30. The molecule has 1 aromatic heterocycles. The number of carbonyl (C=O) groups excluding carboxylic acids is 1. The van der Waals surface area contributed by atoms with Gasteiger partial charge in [-0.2, -0.15) is 11.3 Å². The largest absolute Gasteiger partial charge is 0.354 e. The second-order valence-corrected chi connectivity index (χ2v) is 7.78. The van der Waals surface area contributed by atoms with E-state index in [0.29, 0.717) is 18.2 Å². The Labute approximate surface area is 201 Å². The van der Waals surface area contributed by atoms with Gasteiger partial charge in [-0.15, -0.1) is 24.0 Å². The van der Waals surface area contributed by atoms with Crippen LogP contribution in [0.5, 0.6) is 0 Å². The molecule has 1 amide bonds. The molecule has 0 aliphatic rings. The number of nitrogens with one attached hydrogen (secondary N) is 2. The van der Waals surface area contributed by atoms with Gasteiger partial charge in [0.1, 0.15) is 0 Å². The normalized spacial score (nSPS) is 12.3. The third-order valence-electron chi connectivity index (χ3n) is 4.93. The first-order chi connectivity index (χ1) is 14.0. The zero-order valence-corrected chi connectivity index (χ0v) is 21.7. The molecule has 2 rings (SSSR count). The van der Waals surface area contributed by atoms with Crippen LogP contribution in [0.2, 0.25) is 0 Å². The van der Waals surface area contributed by atoms with Gasteiger partial charge in [0.25, 0.3) is 5.91 Å². The third-order valence-corrected chi connectivity index (χ3v) is 5.64. The number of likely N-dealkylation sites (N-methyl/N-ethyl adjacent to an activating group) is 1. The standard InChI is InChI=1S/C22H33N5OS.HI/c1-6-27(7-2)20(19-12-13-29-16-19)15-25-22(23-3)24-14-17-8-10-18(11-9-17)21(28)26(4)5;/h8-13,16,20H,6-7,14-15H2,1-5H3,(H2,23,24,25);1H. The first kappa shape index (κ1) is 26.4. The van der Waals surface area contributed by atoms with Crippen molar-refractivity contribution in [1.29, 1.82) is 0 Å². The highest BCUT2D eigenvalue weighted by atomic mass is 127. The van der Waals surface area contributed by atoms with E-state index in [2.05, 4.69) is 51.2 Å². The van der Waals surface area contributed by atoms with Gasteiger partial charge in [0.05, 0.1) is 6.04 Å². The zero-order chi connectivity index (χ0) is 21.2. The molecule has 1 atom stereocenters. The van der Waals surface area contributed by atoms with Gasteiger partial charge in [0.2, 0.25) is 0 Å². The van der Waals surface area contributed by atoms with Crippen LogP contribution < -0.4 is 10.6 Å². The van der Waals surface area contributed by atoms with Crippen molar-refractivity contribution in [2.45, 2.75) is 26.4 Å². The number of aliphatic imine (C=N–C) groups is 1. The number of carbonyl (C=O) groups is 1. The topological polar surface area (TPSA) is 60.0 Å². The monoisotopic (exact) mass is 543 g/mol. The van der Waals surface area contributed by atoms with Crippen molar-refractivity contribution < 1.29 is 4.79 Å². The molecular formula is C22H34IN5OS. The first-order valence-electron chi connectivity index (χ1n) is 10.0. The van der Waals surface area contributed by atoms with Crippen molar-refractivity contribution in [3.05, 3.63) is 57.8 Å². The summed E-state index contributed by atoms with van der Waals surface area (Å²) >= 11 is 1.73. The lowest BCUT2D eigenvalue weighted by Crippen LogP contribution is -2.42. The zero-order valence-electron chi connectivity index (χ0n) is 18.5. The molecule has 2 N–H and O–H groups in total. The van der Waals surface area contributed by atoms with E-state index in [9.17, 15) is 4.79 Å². The van der Waals surface area contributed by atoms with E-state index in [1.165, 1.54) is 5.56 Å². The van der Waals surface area contributed by atoms with Gasteiger partial charge in [-0.1, -0.05) is 26.0 Å². The van der Waals surface area contributed by atoms with Crippen LogP contribution in [0.4, 0.5) is 0 Å². The van der Waals surface area contributed by atoms with Crippen LogP contribution in [0.3, 0.4) is 0 Å². The molecule has 0 aliphatic carbocycles. The number of benzene rings is 1. The maximum atomic E-state index is 12.0. The second kappa shape index (κ2) is 13.6. The number of thiophene rings is 1. The summed E-state index contributed by atoms with van der Waals surface area (Å²) < 4.78 is 0. The number of nitrogens with zero attached hydrogens (tertiary/aromatic N) is 3. The molecule has 0 bridgehead atoms. The summed E-state index contributed by atoms with van der Waals surface area (Å²) in [6, 6.07) is 10.2. The van der Waals surface area contributed by atoms with E-state index < -0.39 is 0 Å². The molecule has 0 saturated heterocycles. The van der Waals surface area contributed by atoms with E-state index in [-0.39, 0.29) is 29.9 Å². The molecule has 30 heavy (non-hydrogen) atoms. The summed E-state index contributed by atoms with van der Waals surface area (Å²) in [6.45, 7) is 7.83. The van der Waals surface area contributed by atoms with Gasteiger partial charge in [-0.3, -0.25) is 14.7 Å². The Morgan fingerprint density at radius 3 is 2.27 bits per heavy atom. The van der Waals surface area contributed by atoms with Gasteiger partial charge >= 0.3 is 0 Å². The van der Waals surface area contributed by atoms with Crippen molar-refractivity contribution in [3.63, 3.8) is 0 Å². The maximum absolute atomic E-state index is 12.0. The van der Waals surface area contributed by atoms with Crippen molar-refractivity contribution in [3.8, 4) is 0 Å². The number of guanidine groups is 1. The highest BCUT2D eigenvalue weighted by Crippen LogP contribution is 2.22. The molecule has 0 spiro atoms. The molecule has 2 aromatic rings. The average Bonchev–Trinajstić information content (AvgIpc) is 3.27. The molecule has 8 heteroatoms. The lowest BCUT2D eigenvalue weighted by atomic mass is 10.1. The highest BCUT2D eigenvalue weighted by Gasteiger charge is 2.18. The van der Waals surface area contributed by atoms with Crippen molar-refractivity contribution in [1.82, 2.24) is 20.4 Å². The van der Waals surface area contributed by atoms with Gasteiger partial charge in [0, 0.05) is 39.8 Å². The predicted molar refractivity (Wildman–Crippen MR) is 138 cm³/mol. The summed E-state index contributed by atoms with van der Waals surface area (Å²) in [4.78, 5) is 20.4. The summed E-state index contributed by atoms with van der Waals surface area (Å²) in [5.74, 6) is 0.781. The number of halogens is 1. The Bertz CT molecular complexity index is 773. The summed E-state index contributed by atoms with van der Waals surface area (Å²) in [6.07, 6.45) is 0. The predicted octanol–water partition coefficient (Wildman–Crippen LogP) is 3.82.